The maximum atomic E-state index is 5.45. The van der Waals surface area contributed by atoms with Crippen molar-refractivity contribution in [2.45, 2.75) is 0 Å². The van der Waals surface area contributed by atoms with Gasteiger partial charge in [0.15, 0.2) is 12.4 Å². The lowest BCUT2D eigenvalue weighted by Crippen LogP contribution is -2.20. The summed E-state index contributed by atoms with van der Waals surface area (Å²) in [4.78, 5) is 5.45. The van der Waals surface area contributed by atoms with Gasteiger partial charge in [-0.1, -0.05) is 194 Å². The van der Waals surface area contributed by atoms with Gasteiger partial charge in [0, 0.05) is 40.3 Å². The molecule has 3 heterocycles. The van der Waals surface area contributed by atoms with E-state index in [2.05, 4.69) is 278 Å². The fourth-order valence-corrected chi connectivity index (χ4v) is 13.6. The maximum Gasteiger partial charge on any atom is 0.210 e. The van der Waals surface area contributed by atoms with Crippen molar-refractivity contribution in [3.63, 3.8) is 0 Å². The van der Waals surface area contributed by atoms with Crippen LogP contribution in [0, 0.1) is 41.7 Å². The average Bonchev–Trinajstić information content (AvgIpc) is 4.04. The molecule has 0 bridgehead atoms. The average molecular weight is 986 g/mol. The number of benzene rings is 12. The van der Waals surface area contributed by atoms with E-state index >= 15 is 0 Å². The molecule has 3 aromatic heterocycles. The number of hydrogen-bond donors (Lipinski definition) is 0. The first-order valence-electron chi connectivity index (χ1n) is 27.0. The third kappa shape index (κ3) is 6.26. The largest absolute Gasteiger partial charge is 0.248 e. The summed E-state index contributed by atoms with van der Waals surface area (Å²) in [5, 5.41) is 21.3. The van der Waals surface area contributed by atoms with E-state index in [-0.39, 0.29) is 0 Å². The van der Waals surface area contributed by atoms with Gasteiger partial charge in [0.25, 0.3) is 0 Å². The molecule has 17 rings (SSSR count). The highest BCUT2D eigenvalue weighted by Gasteiger charge is 2.25. The van der Waals surface area contributed by atoms with Crippen LogP contribution in [0.15, 0.2) is 273 Å². The zero-order valence-electron chi connectivity index (χ0n) is 42.4. The van der Waals surface area contributed by atoms with E-state index in [1.165, 1.54) is 140 Å². The second kappa shape index (κ2) is 16.6. The van der Waals surface area contributed by atoms with Crippen LogP contribution in [0.4, 0.5) is 0 Å². The Hall–Kier alpha value is -10.3. The molecule has 2 nitrogen and oxygen atoms in total. The van der Waals surface area contributed by atoms with Crippen LogP contribution in [-0.4, -0.2) is 4.98 Å². The van der Waals surface area contributed by atoms with Crippen LogP contribution in [0.1, 0.15) is 0 Å². The summed E-state index contributed by atoms with van der Waals surface area (Å²) in [5.41, 5.74) is 16.5. The summed E-state index contributed by atoms with van der Waals surface area (Å²) in [6, 6.07) is 96.8. The van der Waals surface area contributed by atoms with E-state index in [1.54, 1.807) is 0 Å². The van der Waals surface area contributed by atoms with E-state index in [4.69, 9.17) is 4.98 Å². The van der Waals surface area contributed by atoms with Gasteiger partial charge >= 0.3 is 0 Å². The Kier molecular flexibility index (Phi) is 9.16. The molecule has 0 spiro atoms. The number of hydrogen-bond acceptors (Lipinski definition) is 1. The van der Waals surface area contributed by atoms with Crippen LogP contribution in [-0.2, 0) is 0 Å². The van der Waals surface area contributed by atoms with E-state index in [9.17, 15) is 0 Å². The van der Waals surface area contributed by atoms with E-state index < -0.39 is 0 Å². The molecule has 0 saturated heterocycles. The minimum Gasteiger partial charge on any atom is -0.248 e. The number of rotatable bonds is 6. The Morgan fingerprint density at radius 2 is 0.756 bits per heavy atom. The second-order valence-electron chi connectivity index (χ2n) is 21.1. The highest BCUT2D eigenvalue weighted by molar-refractivity contribution is 6.21. The minimum absolute atomic E-state index is 0.973. The third-order valence-electron chi connectivity index (χ3n) is 17.0. The number of nitrogens with zero attached hydrogens (tertiary/aromatic N) is 2. The quantitative estimate of drug-likeness (QED) is 0.120. The summed E-state index contributed by atoms with van der Waals surface area (Å²) >= 11 is 0. The zero-order valence-corrected chi connectivity index (χ0v) is 42.4. The lowest BCUT2D eigenvalue weighted by atomic mass is 9.86. The first-order valence-corrected chi connectivity index (χ1v) is 27.0. The molecular formula is C76H45N2+. The van der Waals surface area contributed by atoms with Crippen LogP contribution in [0.2, 0.25) is 0 Å². The fraction of sp³-hybridized carbons (Fsp3) is 0. The van der Waals surface area contributed by atoms with Crippen LogP contribution in [0.3, 0.4) is 0 Å². The Balaban J connectivity index is 1.05. The molecule has 0 aliphatic heterocycles. The van der Waals surface area contributed by atoms with Crippen molar-refractivity contribution < 1.29 is 4.40 Å². The zero-order chi connectivity index (χ0) is 51.0. The number of para-hydroxylation sites is 1. The van der Waals surface area contributed by atoms with Crippen LogP contribution in [0.25, 0.3) is 126 Å². The Morgan fingerprint density at radius 3 is 1.38 bits per heavy atom. The molecule has 358 valence electrons. The van der Waals surface area contributed by atoms with E-state index in [0.717, 1.165) is 27.7 Å². The van der Waals surface area contributed by atoms with Gasteiger partial charge in [-0.2, -0.15) is 4.40 Å². The number of fused-ring (bicyclic) bond motifs is 7. The molecule has 15 aromatic rings. The predicted molar refractivity (Wildman–Crippen MR) is 321 cm³/mol. The summed E-state index contributed by atoms with van der Waals surface area (Å²) in [7, 11) is 0. The first kappa shape index (κ1) is 43.0. The molecule has 2 aliphatic carbocycles. The Morgan fingerprint density at radius 1 is 0.269 bits per heavy atom. The Labute approximate surface area is 448 Å². The van der Waals surface area contributed by atoms with Gasteiger partial charge < -0.3 is 0 Å². The molecule has 0 atom stereocenters. The van der Waals surface area contributed by atoms with Crippen LogP contribution in [0.5, 0.6) is 0 Å². The van der Waals surface area contributed by atoms with Gasteiger partial charge in [0.2, 0.25) is 5.52 Å². The fourth-order valence-electron chi connectivity index (χ4n) is 13.6. The van der Waals surface area contributed by atoms with Crippen molar-refractivity contribution in [2.75, 3.05) is 0 Å². The molecule has 0 amide bonds. The van der Waals surface area contributed by atoms with Crippen molar-refractivity contribution in [1.82, 2.24) is 4.98 Å². The monoisotopic (exact) mass is 985 g/mol. The van der Waals surface area contributed by atoms with Crippen molar-refractivity contribution in [1.29, 1.82) is 0 Å². The third-order valence-corrected chi connectivity index (χ3v) is 17.0. The lowest BCUT2D eigenvalue weighted by molar-refractivity contribution is -0.511. The standard InChI is InChI=1S/C76H45N2/c1-3-17-46(18-4-1)49-22-15-24-51(41-49)70-56-28-9-10-29-57(56)71(52-25-16-23-50(42-52)47-19-5-2-6-20-47)76-62-38-36-60-64-44-66-65(43-63(64)59-35-37-61(75(70)76)74(62)73(59)60)69(53-32-34-54-26-13-14-40-78(54)45-53)55-27-8-11-30-58(55)72(66)68-39-33-48-21-7-12-31-67(48)77-68/h1-45H/q+1. The molecular weight excluding hydrogens is 941 g/mol. The van der Waals surface area contributed by atoms with Crippen molar-refractivity contribution >= 4 is 59.5 Å². The summed E-state index contributed by atoms with van der Waals surface area (Å²) < 4.78 is 2.25. The number of aromatic nitrogens is 2. The molecule has 0 N–H and O–H groups in total. The Bertz CT molecular complexity index is 5220. The molecule has 78 heavy (non-hydrogen) atoms. The molecule has 0 unspecified atom stereocenters. The van der Waals surface area contributed by atoms with Crippen LogP contribution >= 0.6 is 0 Å². The molecule has 0 fully saturated rings. The first-order chi connectivity index (χ1) is 38.7. The lowest BCUT2D eigenvalue weighted by Gasteiger charge is -2.17. The van der Waals surface area contributed by atoms with E-state index in [0.29, 0.717) is 0 Å². The van der Waals surface area contributed by atoms with Gasteiger partial charge in [-0.25, -0.2) is 4.98 Å². The summed E-state index contributed by atoms with van der Waals surface area (Å²) in [5.74, 6) is 0. The molecule has 2 heteroatoms. The van der Waals surface area contributed by atoms with Gasteiger partial charge in [0.1, 0.15) is 0 Å². The summed E-state index contributed by atoms with van der Waals surface area (Å²) in [6.07, 6.45) is 4.45. The van der Waals surface area contributed by atoms with Gasteiger partial charge in [-0.05, 0) is 178 Å². The van der Waals surface area contributed by atoms with Gasteiger partial charge in [0.05, 0.1) is 11.2 Å². The predicted octanol–water partition coefficient (Wildman–Crippen LogP) is 18.4. The van der Waals surface area contributed by atoms with Gasteiger partial charge in [-0.3, -0.25) is 0 Å². The maximum absolute atomic E-state index is 5.45. The molecule has 0 saturated carbocycles. The topological polar surface area (TPSA) is 17.0 Å². The molecule has 2 aliphatic rings. The molecule has 12 aromatic carbocycles. The normalized spacial score (nSPS) is 12.1. The molecule has 0 radical (unpaired) electrons. The van der Waals surface area contributed by atoms with Crippen molar-refractivity contribution in [3.8, 4) is 66.9 Å². The van der Waals surface area contributed by atoms with Crippen molar-refractivity contribution in [2.24, 2.45) is 0 Å². The SMILES string of the molecule is c1ccc(-c2cccc(-c3c4c(c(-c5cccc(-c6ccccc6)c5)c5ccccc35)=c3ccc5c6c(ccc=4c36)=c3cc4c(-c6ccc7cccc[n+]7c6)c6ccccc6c(-c6ccc7ccccc7n6)c4cc3=5)c2)cc1. The van der Waals surface area contributed by atoms with Crippen LogP contribution < -0.4 is 4.40 Å². The highest BCUT2D eigenvalue weighted by Crippen LogP contribution is 2.47. The number of pyridine rings is 3. The van der Waals surface area contributed by atoms with Crippen molar-refractivity contribution in [3.05, 3.63) is 315 Å². The van der Waals surface area contributed by atoms with Gasteiger partial charge in [-0.15, -0.1) is 0 Å². The summed E-state index contributed by atoms with van der Waals surface area (Å²) in [6.45, 7) is 0. The highest BCUT2D eigenvalue weighted by atomic mass is 14.8. The second-order valence-corrected chi connectivity index (χ2v) is 21.1. The minimum atomic E-state index is 0.973. The van der Waals surface area contributed by atoms with E-state index in [1.807, 2.05) is 0 Å². The smallest absolute Gasteiger partial charge is 0.210 e.